The number of carbonyl (C=O) groups excluding carboxylic acids is 1. The van der Waals surface area contributed by atoms with Gasteiger partial charge in [0, 0.05) is 23.8 Å². The van der Waals surface area contributed by atoms with Gasteiger partial charge in [0.15, 0.2) is 0 Å². The van der Waals surface area contributed by atoms with Crippen molar-refractivity contribution in [3.8, 4) is 0 Å². The molecule has 0 atom stereocenters. The summed E-state index contributed by atoms with van der Waals surface area (Å²) in [6, 6.07) is 16.5. The van der Waals surface area contributed by atoms with Gasteiger partial charge in [0.25, 0.3) is 5.91 Å². The minimum atomic E-state index is -3.46. The predicted molar refractivity (Wildman–Crippen MR) is 126 cm³/mol. The Morgan fingerprint density at radius 2 is 1.75 bits per heavy atom. The van der Waals surface area contributed by atoms with E-state index in [2.05, 4.69) is 15.1 Å². The highest BCUT2D eigenvalue weighted by molar-refractivity contribution is 7.88. The second kappa shape index (κ2) is 10.1. The number of rotatable bonds is 9. The van der Waals surface area contributed by atoms with Crippen LogP contribution in [-0.4, -0.2) is 30.1 Å². The van der Waals surface area contributed by atoms with Crippen LogP contribution in [0.25, 0.3) is 0 Å². The number of nitrogens with one attached hydrogen (secondary N) is 2. The maximum atomic E-state index is 12.8. The molecule has 0 spiro atoms. The van der Waals surface area contributed by atoms with Gasteiger partial charge in [0.2, 0.25) is 10.0 Å². The van der Waals surface area contributed by atoms with Crippen molar-refractivity contribution in [2.45, 2.75) is 52.6 Å². The van der Waals surface area contributed by atoms with Crippen molar-refractivity contribution in [1.82, 2.24) is 19.8 Å². The number of hydrogen-bond acceptors (Lipinski definition) is 4. The van der Waals surface area contributed by atoms with Crippen molar-refractivity contribution in [2.75, 3.05) is 0 Å². The highest BCUT2D eigenvalue weighted by Gasteiger charge is 2.16. The van der Waals surface area contributed by atoms with E-state index in [0.29, 0.717) is 17.7 Å². The highest BCUT2D eigenvalue weighted by atomic mass is 32.2. The molecule has 0 unspecified atom stereocenters. The standard InChI is InChI=1S/C24H30N4O3S/c1-17(2)27-32(30,31)16-23-10-6-5-9-22(23)14-25-24(29)21-11-7-8-20(13-21)15-28-19(4)12-18(3)26-28/h5-13,17,27H,14-16H2,1-4H3,(H,25,29). The fraction of sp³-hybridized carbons (Fsp3) is 0.333. The maximum Gasteiger partial charge on any atom is 0.251 e. The van der Waals surface area contributed by atoms with Gasteiger partial charge in [-0.05, 0) is 62.6 Å². The molecule has 0 aliphatic heterocycles. The summed E-state index contributed by atoms with van der Waals surface area (Å²) in [5.74, 6) is -0.340. The summed E-state index contributed by atoms with van der Waals surface area (Å²) in [6.07, 6.45) is 0. The third-order valence-corrected chi connectivity index (χ3v) is 6.47. The van der Waals surface area contributed by atoms with E-state index < -0.39 is 10.0 Å². The largest absolute Gasteiger partial charge is 0.348 e. The SMILES string of the molecule is Cc1cc(C)n(Cc2cccc(C(=O)NCc3ccccc3CS(=O)(=O)NC(C)C)c2)n1. The average Bonchev–Trinajstić information content (AvgIpc) is 3.02. The van der Waals surface area contributed by atoms with E-state index in [1.54, 1.807) is 32.0 Å². The van der Waals surface area contributed by atoms with Crippen molar-refractivity contribution in [1.29, 1.82) is 0 Å². The second-order valence-corrected chi connectivity index (χ2v) is 10.0. The smallest absolute Gasteiger partial charge is 0.251 e. The number of benzene rings is 2. The predicted octanol–water partition coefficient (Wildman–Crippen LogP) is 3.31. The molecule has 2 aromatic carbocycles. The molecule has 0 aliphatic rings. The zero-order valence-corrected chi connectivity index (χ0v) is 19.7. The Bertz CT molecular complexity index is 1200. The van der Waals surface area contributed by atoms with Crippen molar-refractivity contribution in [3.05, 3.63) is 88.2 Å². The first-order valence-corrected chi connectivity index (χ1v) is 12.2. The molecule has 8 heteroatoms. The van der Waals surface area contributed by atoms with E-state index in [4.69, 9.17) is 0 Å². The number of aryl methyl sites for hydroxylation is 2. The van der Waals surface area contributed by atoms with Crippen molar-refractivity contribution < 1.29 is 13.2 Å². The van der Waals surface area contributed by atoms with Gasteiger partial charge < -0.3 is 5.32 Å². The topological polar surface area (TPSA) is 93.1 Å². The van der Waals surface area contributed by atoms with E-state index in [9.17, 15) is 13.2 Å². The van der Waals surface area contributed by atoms with Crippen LogP contribution in [0.15, 0.2) is 54.6 Å². The quantitative estimate of drug-likeness (QED) is 0.519. The molecule has 0 bridgehead atoms. The molecule has 170 valence electrons. The Hall–Kier alpha value is -2.97. The van der Waals surface area contributed by atoms with Gasteiger partial charge in [0.05, 0.1) is 18.0 Å². The molecular weight excluding hydrogens is 424 g/mol. The van der Waals surface area contributed by atoms with E-state index >= 15 is 0 Å². The maximum absolute atomic E-state index is 12.8. The average molecular weight is 455 g/mol. The number of amides is 1. The Morgan fingerprint density at radius 3 is 2.41 bits per heavy atom. The molecule has 1 heterocycles. The summed E-state index contributed by atoms with van der Waals surface area (Å²) in [6.45, 7) is 8.36. The summed E-state index contributed by atoms with van der Waals surface area (Å²) < 4.78 is 29.2. The van der Waals surface area contributed by atoms with Gasteiger partial charge in [-0.15, -0.1) is 0 Å². The minimum Gasteiger partial charge on any atom is -0.348 e. The zero-order valence-electron chi connectivity index (χ0n) is 18.9. The summed E-state index contributed by atoms with van der Waals surface area (Å²) >= 11 is 0. The van der Waals surface area contributed by atoms with Crippen molar-refractivity contribution in [2.24, 2.45) is 0 Å². The second-order valence-electron chi connectivity index (χ2n) is 8.27. The van der Waals surface area contributed by atoms with E-state index in [1.165, 1.54) is 0 Å². The van der Waals surface area contributed by atoms with Gasteiger partial charge in [-0.3, -0.25) is 9.48 Å². The molecule has 32 heavy (non-hydrogen) atoms. The fourth-order valence-electron chi connectivity index (χ4n) is 3.57. The first-order chi connectivity index (χ1) is 15.1. The minimum absolute atomic E-state index is 0.130. The number of aromatic nitrogens is 2. The number of sulfonamides is 1. The molecule has 2 N–H and O–H groups in total. The van der Waals surface area contributed by atoms with Gasteiger partial charge in [-0.25, -0.2) is 13.1 Å². The monoisotopic (exact) mass is 454 g/mol. The molecule has 3 aromatic rings. The first-order valence-electron chi connectivity index (χ1n) is 10.6. The van der Waals surface area contributed by atoms with Crippen LogP contribution in [0.4, 0.5) is 0 Å². The van der Waals surface area contributed by atoms with Crippen LogP contribution in [0.2, 0.25) is 0 Å². The number of carbonyl (C=O) groups is 1. The lowest BCUT2D eigenvalue weighted by molar-refractivity contribution is 0.0950. The van der Waals surface area contributed by atoms with Gasteiger partial charge in [0.1, 0.15) is 0 Å². The van der Waals surface area contributed by atoms with Crippen LogP contribution in [-0.2, 0) is 28.9 Å². The van der Waals surface area contributed by atoms with E-state index in [0.717, 1.165) is 22.5 Å². The van der Waals surface area contributed by atoms with Crippen LogP contribution in [0, 0.1) is 13.8 Å². The Labute approximate surface area is 189 Å². The van der Waals surface area contributed by atoms with Crippen molar-refractivity contribution >= 4 is 15.9 Å². The zero-order chi connectivity index (χ0) is 23.3. The number of nitrogens with zero attached hydrogens (tertiary/aromatic N) is 2. The lowest BCUT2D eigenvalue weighted by Gasteiger charge is -2.13. The summed E-state index contributed by atoms with van der Waals surface area (Å²) in [4.78, 5) is 12.8. The molecule has 0 saturated carbocycles. The Kier molecular flexibility index (Phi) is 7.48. The third-order valence-electron chi connectivity index (χ3n) is 4.94. The lowest BCUT2D eigenvalue weighted by atomic mass is 10.1. The first kappa shape index (κ1) is 23.7. The fourth-order valence-corrected chi connectivity index (χ4v) is 5.07. The molecule has 0 aliphatic carbocycles. The van der Waals surface area contributed by atoms with Crippen LogP contribution in [0.5, 0.6) is 0 Å². The Morgan fingerprint density at radius 1 is 1.03 bits per heavy atom. The number of hydrogen-bond donors (Lipinski definition) is 2. The third kappa shape index (κ3) is 6.51. The molecule has 0 radical (unpaired) electrons. The molecule has 7 nitrogen and oxygen atoms in total. The molecule has 1 amide bonds. The van der Waals surface area contributed by atoms with Gasteiger partial charge in [-0.2, -0.15) is 5.10 Å². The molecule has 3 rings (SSSR count). The summed E-state index contributed by atoms with van der Waals surface area (Å²) in [5.41, 5.74) is 5.00. The lowest BCUT2D eigenvalue weighted by Crippen LogP contribution is -2.32. The summed E-state index contributed by atoms with van der Waals surface area (Å²) in [5, 5.41) is 7.39. The normalized spacial score (nSPS) is 11.7. The summed E-state index contributed by atoms with van der Waals surface area (Å²) in [7, 11) is -3.46. The molecular formula is C24H30N4O3S. The van der Waals surface area contributed by atoms with Gasteiger partial charge >= 0.3 is 0 Å². The van der Waals surface area contributed by atoms with Crippen LogP contribution >= 0.6 is 0 Å². The molecule has 1 aromatic heterocycles. The van der Waals surface area contributed by atoms with Crippen molar-refractivity contribution in [3.63, 3.8) is 0 Å². The molecule has 0 fully saturated rings. The van der Waals surface area contributed by atoms with E-state index in [1.807, 2.05) is 54.9 Å². The van der Waals surface area contributed by atoms with Crippen LogP contribution in [0.1, 0.15) is 52.3 Å². The van der Waals surface area contributed by atoms with Crippen LogP contribution in [0.3, 0.4) is 0 Å². The Balaban J connectivity index is 1.68. The molecule has 0 saturated heterocycles. The van der Waals surface area contributed by atoms with Crippen LogP contribution < -0.4 is 10.0 Å². The van der Waals surface area contributed by atoms with Gasteiger partial charge in [-0.1, -0.05) is 36.4 Å². The van der Waals surface area contributed by atoms with E-state index in [-0.39, 0.29) is 24.2 Å². The highest BCUT2D eigenvalue weighted by Crippen LogP contribution is 2.14.